The number of carbonyl (C=O) groups is 3. The van der Waals surface area contributed by atoms with Crippen molar-refractivity contribution < 1.29 is 24.6 Å². The average Bonchev–Trinajstić information content (AvgIpc) is 2.47. The molecule has 0 amide bonds. The lowest BCUT2D eigenvalue weighted by atomic mass is 9.93. The molecule has 0 aromatic heterocycles. The molecule has 2 aromatic rings. The topological polar surface area (TPSA) is 91.7 Å². The van der Waals surface area contributed by atoms with E-state index in [1.54, 1.807) is 30.3 Å². The molecule has 0 radical (unpaired) electrons. The van der Waals surface area contributed by atoms with Gasteiger partial charge < -0.3 is 10.2 Å². The predicted octanol–water partition coefficient (Wildman–Crippen LogP) is 2.73. The van der Waals surface area contributed by atoms with Crippen molar-refractivity contribution in [3.63, 3.8) is 0 Å². The second-order valence-corrected chi connectivity index (χ2v) is 4.85. The highest BCUT2D eigenvalue weighted by molar-refractivity contribution is 6.15. The van der Waals surface area contributed by atoms with Gasteiger partial charge in [-0.05, 0) is 19.9 Å². The number of ketones is 3. The molecular weight excluding hydrogens is 284 g/mol. The van der Waals surface area contributed by atoms with Crippen LogP contribution >= 0.6 is 0 Å². The lowest BCUT2D eigenvalue weighted by Gasteiger charge is -2.12. The van der Waals surface area contributed by atoms with Gasteiger partial charge in [0.15, 0.2) is 17.3 Å². The molecule has 5 nitrogen and oxygen atoms in total. The SMILES string of the molecule is CC(=O)c1cc(C(=O)c2ccccc2)c(O)c(C(C)=O)c1O. The highest BCUT2D eigenvalue weighted by Gasteiger charge is 2.25. The Balaban J connectivity index is 2.74. The fourth-order valence-corrected chi connectivity index (χ4v) is 2.18. The number of phenolic OH excluding ortho intramolecular Hbond substituents is 2. The minimum Gasteiger partial charge on any atom is -0.506 e. The van der Waals surface area contributed by atoms with Crippen molar-refractivity contribution in [2.45, 2.75) is 13.8 Å². The molecule has 112 valence electrons. The summed E-state index contributed by atoms with van der Waals surface area (Å²) in [6.07, 6.45) is 0. The summed E-state index contributed by atoms with van der Waals surface area (Å²) in [7, 11) is 0. The van der Waals surface area contributed by atoms with Gasteiger partial charge >= 0.3 is 0 Å². The summed E-state index contributed by atoms with van der Waals surface area (Å²) in [6, 6.07) is 9.25. The third kappa shape index (κ3) is 2.61. The fraction of sp³-hybridized carbons (Fsp3) is 0.118. The van der Waals surface area contributed by atoms with Crippen LogP contribution in [0.4, 0.5) is 0 Å². The molecule has 5 heteroatoms. The Morgan fingerprint density at radius 1 is 0.818 bits per heavy atom. The molecule has 0 aliphatic rings. The van der Waals surface area contributed by atoms with Crippen molar-refractivity contribution >= 4 is 17.3 Å². The number of Topliss-reactive ketones (excluding diaryl/α,β-unsaturated/α-hetero) is 2. The quantitative estimate of drug-likeness (QED) is 0.847. The van der Waals surface area contributed by atoms with Crippen LogP contribution in [0.1, 0.15) is 50.5 Å². The molecule has 0 aliphatic carbocycles. The van der Waals surface area contributed by atoms with E-state index in [1.165, 1.54) is 6.92 Å². The van der Waals surface area contributed by atoms with E-state index in [9.17, 15) is 24.6 Å². The van der Waals surface area contributed by atoms with Gasteiger partial charge in [-0.3, -0.25) is 14.4 Å². The van der Waals surface area contributed by atoms with Gasteiger partial charge in [0.25, 0.3) is 0 Å². The van der Waals surface area contributed by atoms with Crippen LogP contribution in [0.25, 0.3) is 0 Å². The van der Waals surface area contributed by atoms with Gasteiger partial charge in [0.1, 0.15) is 17.1 Å². The summed E-state index contributed by atoms with van der Waals surface area (Å²) in [5.41, 5.74) is -0.499. The van der Waals surface area contributed by atoms with E-state index >= 15 is 0 Å². The van der Waals surface area contributed by atoms with Gasteiger partial charge in [0.2, 0.25) is 0 Å². The number of rotatable bonds is 4. The van der Waals surface area contributed by atoms with Crippen LogP contribution in [-0.2, 0) is 0 Å². The van der Waals surface area contributed by atoms with Gasteiger partial charge in [0, 0.05) is 5.56 Å². The molecule has 0 heterocycles. The first-order valence-corrected chi connectivity index (χ1v) is 6.55. The van der Waals surface area contributed by atoms with Crippen LogP contribution in [-0.4, -0.2) is 27.6 Å². The second kappa shape index (κ2) is 5.81. The molecule has 0 bridgehead atoms. The smallest absolute Gasteiger partial charge is 0.196 e. The zero-order valence-electron chi connectivity index (χ0n) is 12.1. The zero-order chi connectivity index (χ0) is 16.4. The van der Waals surface area contributed by atoms with Crippen LogP contribution < -0.4 is 0 Å². The molecule has 0 saturated carbocycles. The Bertz CT molecular complexity index is 775. The van der Waals surface area contributed by atoms with Crippen LogP contribution in [0.15, 0.2) is 36.4 Å². The van der Waals surface area contributed by atoms with E-state index in [0.717, 1.165) is 13.0 Å². The minimum absolute atomic E-state index is 0.178. The number of hydrogen-bond acceptors (Lipinski definition) is 5. The first kappa shape index (κ1) is 15.4. The first-order chi connectivity index (χ1) is 10.3. The molecule has 0 spiro atoms. The first-order valence-electron chi connectivity index (χ1n) is 6.55. The zero-order valence-corrected chi connectivity index (χ0v) is 12.1. The van der Waals surface area contributed by atoms with Crippen molar-refractivity contribution in [2.24, 2.45) is 0 Å². The molecule has 2 aromatic carbocycles. The van der Waals surface area contributed by atoms with E-state index in [4.69, 9.17) is 0 Å². The maximum Gasteiger partial charge on any atom is 0.196 e. The summed E-state index contributed by atoms with van der Waals surface area (Å²) < 4.78 is 0. The summed E-state index contributed by atoms with van der Waals surface area (Å²) >= 11 is 0. The van der Waals surface area contributed by atoms with Gasteiger partial charge in [-0.2, -0.15) is 0 Å². The molecule has 0 aliphatic heterocycles. The normalized spacial score (nSPS) is 10.3. The van der Waals surface area contributed by atoms with Crippen molar-refractivity contribution in [1.82, 2.24) is 0 Å². The van der Waals surface area contributed by atoms with Crippen molar-refractivity contribution in [1.29, 1.82) is 0 Å². The Morgan fingerprint density at radius 3 is 1.86 bits per heavy atom. The summed E-state index contributed by atoms with van der Waals surface area (Å²) in [5, 5.41) is 20.1. The minimum atomic E-state index is -0.639. The van der Waals surface area contributed by atoms with Crippen molar-refractivity contribution in [3.05, 3.63) is 58.7 Å². The number of carbonyl (C=O) groups excluding carboxylic acids is 3. The van der Waals surface area contributed by atoms with E-state index in [0.29, 0.717) is 5.56 Å². The standard InChI is InChI=1S/C17H14O5/c1-9(18)12-8-13(15(20)11-6-4-3-5-7-11)17(22)14(10(2)19)16(12)21/h3-8,21-22H,1-2H3. The Labute approximate surface area is 126 Å². The van der Waals surface area contributed by atoms with E-state index in [1.807, 2.05) is 0 Å². The molecule has 0 unspecified atom stereocenters. The second-order valence-electron chi connectivity index (χ2n) is 4.85. The molecule has 0 saturated heterocycles. The number of phenols is 2. The molecule has 0 atom stereocenters. The van der Waals surface area contributed by atoms with Gasteiger partial charge in [-0.1, -0.05) is 30.3 Å². The molecule has 2 rings (SSSR count). The number of aromatic hydroxyl groups is 2. The summed E-state index contributed by atoms with van der Waals surface area (Å²) in [4.78, 5) is 35.7. The molecular formula is C17H14O5. The van der Waals surface area contributed by atoms with Crippen LogP contribution in [0.3, 0.4) is 0 Å². The maximum atomic E-state index is 12.5. The maximum absolute atomic E-state index is 12.5. The van der Waals surface area contributed by atoms with Crippen molar-refractivity contribution in [3.8, 4) is 11.5 Å². The Kier molecular flexibility index (Phi) is 4.08. The molecule has 2 N–H and O–H groups in total. The fourth-order valence-electron chi connectivity index (χ4n) is 2.18. The van der Waals surface area contributed by atoms with E-state index in [-0.39, 0.29) is 11.1 Å². The predicted molar refractivity (Wildman–Crippen MR) is 79.7 cm³/mol. The third-order valence-electron chi connectivity index (χ3n) is 3.28. The Hall–Kier alpha value is -2.95. The van der Waals surface area contributed by atoms with Crippen LogP contribution in [0.2, 0.25) is 0 Å². The third-order valence-corrected chi connectivity index (χ3v) is 3.28. The largest absolute Gasteiger partial charge is 0.506 e. The lowest BCUT2D eigenvalue weighted by Crippen LogP contribution is -2.08. The van der Waals surface area contributed by atoms with Crippen molar-refractivity contribution in [2.75, 3.05) is 0 Å². The number of hydrogen-bond donors (Lipinski definition) is 2. The highest BCUT2D eigenvalue weighted by atomic mass is 16.3. The Morgan fingerprint density at radius 2 is 1.36 bits per heavy atom. The summed E-state index contributed by atoms with van der Waals surface area (Å²) in [6.45, 7) is 2.34. The summed E-state index contributed by atoms with van der Waals surface area (Å²) in [5.74, 6) is -2.92. The lowest BCUT2D eigenvalue weighted by molar-refractivity contribution is 0.101. The average molecular weight is 298 g/mol. The van der Waals surface area contributed by atoms with Crippen LogP contribution in [0, 0.1) is 0 Å². The highest BCUT2D eigenvalue weighted by Crippen LogP contribution is 2.36. The monoisotopic (exact) mass is 298 g/mol. The molecule has 0 fully saturated rings. The van der Waals surface area contributed by atoms with E-state index < -0.39 is 34.4 Å². The van der Waals surface area contributed by atoms with Gasteiger partial charge in [-0.25, -0.2) is 0 Å². The van der Waals surface area contributed by atoms with Gasteiger partial charge in [-0.15, -0.1) is 0 Å². The van der Waals surface area contributed by atoms with Gasteiger partial charge in [0.05, 0.1) is 11.1 Å². The molecule has 22 heavy (non-hydrogen) atoms. The van der Waals surface area contributed by atoms with E-state index in [2.05, 4.69) is 0 Å². The van der Waals surface area contributed by atoms with Crippen LogP contribution in [0.5, 0.6) is 11.5 Å². The number of benzene rings is 2.